The fraction of sp³-hybridized carbons (Fsp3) is 0.300. The Morgan fingerprint density at radius 2 is 1.48 bits per heavy atom. The molecule has 0 fully saturated rings. The quantitative estimate of drug-likeness (QED) is 0.838. The molecule has 132 valence electrons. The SMILES string of the molecule is CCN(CC)C(=O)c1ccc(NC(=O)c2ccc(COC)cc2)cc1. The molecule has 0 radical (unpaired) electrons. The number of amides is 2. The summed E-state index contributed by atoms with van der Waals surface area (Å²) in [6.45, 7) is 5.77. The van der Waals surface area contributed by atoms with Gasteiger partial charge >= 0.3 is 0 Å². The second-order valence-electron chi connectivity index (χ2n) is 5.64. The first-order valence-corrected chi connectivity index (χ1v) is 8.37. The standard InChI is InChI=1S/C20H24N2O3/c1-4-22(5-2)20(24)17-10-12-18(13-11-17)21-19(23)16-8-6-15(7-9-16)14-25-3/h6-13H,4-5,14H2,1-3H3,(H,21,23). The minimum Gasteiger partial charge on any atom is -0.380 e. The van der Waals surface area contributed by atoms with Crippen molar-refractivity contribution >= 4 is 17.5 Å². The predicted octanol–water partition coefficient (Wildman–Crippen LogP) is 3.57. The molecule has 0 aromatic heterocycles. The Bertz CT molecular complexity index is 705. The number of anilines is 1. The van der Waals surface area contributed by atoms with Crippen LogP contribution in [0.15, 0.2) is 48.5 Å². The summed E-state index contributed by atoms with van der Waals surface area (Å²) in [5.74, 6) is -0.191. The van der Waals surface area contributed by atoms with Crippen molar-refractivity contribution < 1.29 is 14.3 Å². The summed E-state index contributed by atoms with van der Waals surface area (Å²) in [4.78, 5) is 26.3. The number of methoxy groups -OCH3 is 1. The molecule has 0 atom stereocenters. The number of rotatable bonds is 7. The Kier molecular flexibility index (Phi) is 6.71. The van der Waals surface area contributed by atoms with Gasteiger partial charge in [0.25, 0.3) is 11.8 Å². The third-order valence-corrected chi connectivity index (χ3v) is 3.97. The third-order valence-electron chi connectivity index (χ3n) is 3.97. The van der Waals surface area contributed by atoms with E-state index in [2.05, 4.69) is 5.32 Å². The lowest BCUT2D eigenvalue weighted by molar-refractivity contribution is 0.0773. The normalized spacial score (nSPS) is 10.4. The zero-order valence-electron chi connectivity index (χ0n) is 14.9. The van der Waals surface area contributed by atoms with Crippen LogP contribution in [0.1, 0.15) is 40.1 Å². The van der Waals surface area contributed by atoms with Crippen LogP contribution in [0, 0.1) is 0 Å². The Morgan fingerprint density at radius 1 is 0.920 bits per heavy atom. The molecule has 0 aliphatic rings. The zero-order valence-corrected chi connectivity index (χ0v) is 14.9. The van der Waals surface area contributed by atoms with Crippen LogP contribution in [0.25, 0.3) is 0 Å². The Hall–Kier alpha value is -2.66. The second-order valence-corrected chi connectivity index (χ2v) is 5.64. The highest BCUT2D eigenvalue weighted by atomic mass is 16.5. The van der Waals surface area contributed by atoms with Crippen molar-refractivity contribution in [2.24, 2.45) is 0 Å². The molecule has 0 heterocycles. The van der Waals surface area contributed by atoms with E-state index in [0.29, 0.717) is 36.5 Å². The molecule has 1 N–H and O–H groups in total. The topological polar surface area (TPSA) is 58.6 Å². The lowest BCUT2D eigenvalue weighted by atomic mass is 10.1. The predicted molar refractivity (Wildman–Crippen MR) is 98.8 cm³/mol. The van der Waals surface area contributed by atoms with Crippen LogP contribution in [0.3, 0.4) is 0 Å². The largest absolute Gasteiger partial charge is 0.380 e. The maximum absolute atomic E-state index is 12.3. The van der Waals surface area contributed by atoms with Crippen LogP contribution in [0.4, 0.5) is 5.69 Å². The minimum absolute atomic E-state index is 0.00314. The fourth-order valence-corrected chi connectivity index (χ4v) is 2.51. The molecule has 0 saturated carbocycles. The molecule has 25 heavy (non-hydrogen) atoms. The molecular formula is C20H24N2O3. The van der Waals surface area contributed by atoms with Crippen molar-refractivity contribution in [2.75, 3.05) is 25.5 Å². The van der Waals surface area contributed by atoms with Gasteiger partial charge in [-0.2, -0.15) is 0 Å². The van der Waals surface area contributed by atoms with Gasteiger partial charge in [-0.15, -0.1) is 0 Å². The van der Waals surface area contributed by atoms with Crippen LogP contribution in [0.2, 0.25) is 0 Å². The van der Waals surface area contributed by atoms with Gasteiger partial charge in [-0.1, -0.05) is 12.1 Å². The van der Waals surface area contributed by atoms with Crippen LogP contribution in [-0.4, -0.2) is 36.9 Å². The number of hydrogen-bond acceptors (Lipinski definition) is 3. The van der Waals surface area contributed by atoms with E-state index in [4.69, 9.17) is 4.74 Å². The second kappa shape index (κ2) is 8.99. The number of carbonyl (C=O) groups is 2. The minimum atomic E-state index is -0.188. The van der Waals surface area contributed by atoms with Gasteiger partial charge in [-0.05, 0) is 55.8 Å². The molecule has 0 spiro atoms. The average molecular weight is 340 g/mol. The van der Waals surface area contributed by atoms with Gasteiger partial charge in [0.2, 0.25) is 0 Å². The van der Waals surface area contributed by atoms with E-state index in [9.17, 15) is 9.59 Å². The molecule has 0 unspecified atom stereocenters. The first kappa shape index (κ1) is 18.7. The van der Waals surface area contributed by atoms with Crippen molar-refractivity contribution in [3.8, 4) is 0 Å². The molecule has 0 saturated heterocycles. The molecular weight excluding hydrogens is 316 g/mol. The summed E-state index contributed by atoms with van der Waals surface area (Å²) in [6, 6.07) is 14.2. The summed E-state index contributed by atoms with van der Waals surface area (Å²) in [5.41, 5.74) is 2.86. The molecule has 0 aliphatic carbocycles. The monoisotopic (exact) mass is 340 g/mol. The van der Waals surface area contributed by atoms with Crippen LogP contribution < -0.4 is 5.32 Å². The van der Waals surface area contributed by atoms with Crippen LogP contribution >= 0.6 is 0 Å². The van der Waals surface area contributed by atoms with Crippen molar-refractivity contribution in [3.63, 3.8) is 0 Å². The number of nitrogens with zero attached hydrogens (tertiary/aromatic N) is 1. The van der Waals surface area contributed by atoms with E-state index >= 15 is 0 Å². The van der Waals surface area contributed by atoms with E-state index in [1.54, 1.807) is 48.4 Å². The highest BCUT2D eigenvalue weighted by molar-refractivity contribution is 6.04. The summed E-state index contributed by atoms with van der Waals surface area (Å²) < 4.78 is 5.06. The molecule has 2 amide bonds. The fourth-order valence-electron chi connectivity index (χ4n) is 2.51. The number of hydrogen-bond donors (Lipinski definition) is 1. The summed E-state index contributed by atoms with van der Waals surface area (Å²) in [5, 5.41) is 2.84. The van der Waals surface area contributed by atoms with E-state index in [0.717, 1.165) is 5.56 Å². The Balaban J connectivity index is 2.02. The van der Waals surface area contributed by atoms with Gasteiger partial charge in [0.15, 0.2) is 0 Å². The number of carbonyl (C=O) groups excluding carboxylic acids is 2. The van der Waals surface area contributed by atoms with Crippen molar-refractivity contribution in [1.29, 1.82) is 0 Å². The molecule has 0 bridgehead atoms. The van der Waals surface area contributed by atoms with Gasteiger partial charge in [0.05, 0.1) is 6.61 Å². The third kappa shape index (κ3) is 4.90. The number of ether oxygens (including phenoxy) is 1. The van der Waals surface area contributed by atoms with Crippen LogP contribution in [0.5, 0.6) is 0 Å². The molecule has 0 aliphatic heterocycles. The summed E-state index contributed by atoms with van der Waals surface area (Å²) in [6.07, 6.45) is 0. The van der Waals surface area contributed by atoms with Crippen molar-refractivity contribution in [1.82, 2.24) is 4.90 Å². The summed E-state index contributed by atoms with van der Waals surface area (Å²) in [7, 11) is 1.63. The number of nitrogens with one attached hydrogen (secondary N) is 1. The molecule has 5 heteroatoms. The maximum Gasteiger partial charge on any atom is 0.255 e. The Labute approximate surface area is 148 Å². The first-order valence-electron chi connectivity index (χ1n) is 8.37. The van der Waals surface area contributed by atoms with Gasteiger partial charge < -0.3 is 15.0 Å². The van der Waals surface area contributed by atoms with E-state index in [1.807, 2.05) is 26.0 Å². The smallest absolute Gasteiger partial charge is 0.255 e. The first-order chi connectivity index (χ1) is 12.1. The zero-order chi connectivity index (χ0) is 18.2. The summed E-state index contributed by atoms with van der Waals surface area (Å²) >= 11 is 0. The lowest BCUT2D eigenvalue weighted by Gasteiger charge is -2.18. The molecule has 2 aromatic rings. The van der Waals surface area contributed by atoms with Crippen LogP contribution in [-0.2, 0) is 11.3 Å². The molecule has 5 nitrogen and oxygen atoms in total. The van der Waals surface area contributed by atoms with Gasteiger partial charge in [-0.25, -0.2) is 0 Å². The van der Waals surface area contributed by atoms with E-state index in [-0.39, 0.29) is 11.8 Å². The van der Waals surface area contributed by atoms with Crippen molar-refractivity contribution in [3.05, 3.63) is 65.2 Å². The van der Waals surface area contributed by atoms with Gasteiger partial charge in [0.1, 0.15) is 0 Å². The van der Waals surface area contributed by atoms with Gasteiger partial charge in [-0.3, -0.25) is 9.59 Å². The highest BCUT2D eigenvalue weighted by Gasteiger charge is 2.12. The average Bonchev–Trinajstić information content (AvgIpc) is 2.64. The molecule has 2 aromatic carbocycles. The van der Waals surface area contributed by atoms with Crippen molar-refractivity contribution in [2.45, 2.75) is 20.5 Å². The maximum atomic E-state index is 12.3. The van der Waals surface area contributed by atoms with E-state index in [1.165, 1.54) is 0 Å². The molecule has 2 rings (SSSR count). The Morgan fingerprint density at radius 3 is 2.00 bits per heavy atom. The van der Waals surface area contributed by atoms with E-state index < -0.39 is 0 Å². The number of benzene rings is 2. The lowest BCUT2D eigenvalue weighted by Crippen LogP contribution is -2.30. The highest BCUT2D eigenvalue weighted by Crippen LogP contribution is 2.14. The van der Waals surface area contributed by atoms with Gasteiger partial charge in [0, 0.05) is 37.0 Å².